The number of para-hydroxylation sites is 1. The number of nitrogens with one attached hydrogen (secondary N) is 1. The number of hydrogen-bond acceptors (Lipinski definition) is 2. The Morgan fingerprint density at radius 3 is 2.69 bits per heavy atom. The largest absolute Gasteiger partial charge is 0.495 e. The third kappa shape index (κ3) is 2.65. The van der Waals surface area contributed by atoms with Crippen LogP contribution in [-0.4, -0.2) is 28.3 Å². The maximum atomic E-state index is 5.26. The molecule has 1 rings (SSSR count). The third-order valence-corrected chi connectivity index (χ3v) is 1.99. The van der Waals surface area contributed by atoms with Crippen molar-refractivity contribution in [3.05, 3.63) is 23.8 Å². The number of rotatable bonds is 3. The van der Waals surface area contributed by atoms with Crippen molar-refractivity contribution >= 4 is 22.0 Å². The number of anilines is 1. The Morgan fingerprint density at radius 2 is 2.15 bits per heavy atom. The van der Waals surface area contributed by atoms with Crippen LogP contribution in [0, 0.1) is 6.92 Å². The minimum Gasteiger partial charge on any atom is -0.495 e. The molecule has 2 radical (unpaired) electrons. The molecule has 2 nitrogen and oxygen atoms in total. The molecule has 0 heterocycles. The van der Waals surface area contributed by atoms with Crippen LogP contribution in [0.25, 0.3) is 0 Å². The van der Waals surface area contributed by atoms with Gasteiger partial charge in [-0.05, 0) is 18.6 Å². The van der Waals surface area contributed by atoms with Crippen LogP contribution in [0.5, 0.6) is 5.75 Å². The van der Waals surface area contributed by atoms with Gasteiger partial charge in [0.25, 0.3) is 0 Å². The number of methoxy groups -OCH3 is 1. The molecule has 0 bridgehead atoms. The molecule has 1 aromatic carbocycles. The Hall–Kier alpha value is -0.648. The second kappa shape index (κ2) is 4.55. The summed E-state index contributed by atoms with van der Waals surface area (Å²) < 4.78 is 5.26. The van der Waals surface area contributed by atoms with Gasteiger partial charge in [0.1, 0.15) is 5.75 Å². The van der Waals surface area contributed by atoms with Crippen LogP contribution in [0.4, 0.5) is 5.69 Å². The summed E-state index contributed by atoms with van der Waals surface area (Å²) in [5, 5.41) is 3.33. The molecule has 0 aliphatic heterocycles. The summed E-state index contributed by atoms with van der Waals surface area (Å²) in [6, 6.07) is 6.02. The van der Waals surface area contributed by atoms with E-state index in [-0.39, 0.29) is 0 Å². The highest BCUT2D eigenvalue weighted by molar-refractivity contribution is 6.13. The van der Waals surface area contributed by atoms with Gasteiger partial charge in [-0.15, -0.1) is 0 Å². The van der Waals surface area contributed by atoms with Crippen LogP contribution < -0.4 is 10.1 Å². The Labute approximate surface area is 87.7 Å². The van der Waals surface area contributed by atoms with E-state index in [0.717, 1.165) is 11.4 Å². The molecular formula is C10H14AlNO. The summed E-state index contributed by atoms with van der Waals surface area (Å²) in [6.45, 7) is 4.15. The molecule has 0 fully saturated rings. The first-order chi connectivity index (χ1) is 6.15. The highest BCUT2D eigenvalue weighted by Gasteiger charge is 2.05. The number of ether oxygens (including phenoxy) is 1. The molecule has 1 atom stereocenters. The Bertz CT molecular complexity index is 286. The minimum absolute atomic E-state index is 0.343. The first kappa shape index (κ1) is 10.4. The van der Waals surface area contributed by atoms with Gasteiger partial charge in [0, 0.05) is 0 Å². The molecule has 1 aromatic rings. The average Bonchev–Trinajstić information content (AvgIpc) is 2.08. The van der Waals surface area contributed by atoms with Gasteiger partial charge in [0.05, 0.1) is 12.8 Å². The van der Waals surface area contributed by atoms with Crippen LogP contribution in [-0.2, 0) is 0 Å². The average molecular weight is 191 g/mol. The Morgan fingerprint density at radius 1 is 1.46 bits per heavy atom. The van der Waals surface area contributed by atoms with Crippen LogP contribution in [0.2, 0.25) is 0 Å². The monoisotopic (exact) mass is 191 g/mol. The molecule has 0 aliphatic rings. The maximum Gasteiger partial charge on any atom is 0.158 e. The predicted molar refractivity (Wildman–Crippen MR) is 56.6 cm³/mol. The van der Waals surface area contributed by atoms with E-state index < -0.39 is 0 Å². The van der Waals surface area contributed by atoms with Crippen molar-refractivity contribution < 1.29 is 4.74 Å². The van der Waals surface area contributed by atoms with E-state index in [1.807, 2.05) is 12.1 Å². The molecule has 13 heavy (non-hydrogen) atoms. The van der Waals surface area contributed by atoms with Gasteiger partial charge in [-0.1, -0.05) is 24.0 Å². The lowest BCUT2D eigenvalue weighted by atomic mass is 10.2. The number of benzene rings is 1. The second-order valence-electron chi connectivity index (χ2n) is 3.09. The van der Waals surface area contributed by atoms with E-state index in [0.29, 0.717) is 4.90 Å². The smallest absolute Gasteiger partial charge is 0.158 e. The molecule has 0 aliphatic carbocycles. The number of hydrogen-bond donors (Lipinski definition) is 1. The standard InChI is InChI=1S/C10H14NO.Al/c1-4-11-10-8(2)6-5-7-9(10)12-3;/h4-7,11H,1-3H3;. The molecule has 0 saturated carbocycles. The van der Waals surface area contributed by atoms with Gasteiger partial charge in [-0.2, -0.15) is 0 Å². The van der Waals surface area contributed by atoms with Gasteiger partial charge in [0.15, 0.2) is 16.3 Å². The van der Waals surface area contributed by atoms with E-state index >= 15 is 0 Å². The lowest BCUT2D eigenvalue weighted by Gasteiger charge is -2.16. The molecule has 0 spiro atoms. The molecule has 0 aromatic heterocycles. The lowest BCUT2D eigenvalue weighted by Crippen LogP contribution is -2.15. The number of aryl methyl sites for hydroxylation is 1. The maximum absolute atomic E-state index is 5.26. The van der Waals surface area contributed by atoms with E-state index in [1.165, 1.54) is 5.56 Å². The van der Waals surface area contributed by atoms with Gasteiger partial charge in [0.2, 0.25) is 0 Å². The summed E-state index contributed by atoms with van der Waals surface area (Å²) >= 11 is 2.71. The molecule has 0 amide bonds. The fourth-order valence-corrected chi connectivity index (χ4v) is 1.39. The molecule has 1 unspecified atom stereocenters. The molecule has 1 N–H and O–H groups in total. The second-order valence-corrected chi connectivity index (χ2v) is 4.09. The molecule has 68 valence electrons. The van der Waals surface area contributed by atoms with Gasteiger partial charge >= 0.3 is 0 Å². The van der Waals surface area contributed by atoms with Crippen LogP contribution in [0.3, 0.4) is 0 Å². The zero-order chi connectivity index (χ0) is 9.84. The Balaban J connectivity index is 3.00. The quantitative estimate of drug-likeness (QED) is 0.737. The summed E-state index contributed by atoms with van der Waals surface area (Å²) in [5.41, 5.74) is 2.28. The SMILES string of the molecule is COc1cccc(C)c1N[CH](C)[Al]. The van der Waals surface area contributed by atoms with Crippen LogP contribution in [0.1, 0.15) is 12.5 Å². The fourth-order valence-electron chi connectivity index (χ4n) is 1.22. The first-order valence-corrected chi connectivity index (χ1v) is 4.97. The topological polar surface area (TPSA) is 21.3 Å². The Kier molecular flexibility index (Phi) is 3.65. The van der Waals surface area contributed by atoms with Crippen molar-refractivity contribution in [1.29, 1.82) is 0 Å². The van der Waals surface area contributed by atoms with E-state index in [2.05, 4.69) is 41.5 Å². The molecule has 0 saturated heterocycles. The lowest BCUT2D eigenvalue weighted by molar-refractivity contribution is 0.416. The summed E-state index contributed by atoms with van der Waals surface area (Å²) in [7, 11) is 1.69. The minimum atomic E-state index is 0.343. The van der Waals surface area contributed by atoms with Crippen molar-refractivity contribution in [1.82, 2.24) is 0 Å². The summed E-state index contributed by atoms with van der Waals surface area (Å²) in [5.74, 6) is 0.898. The van der Waals surface area contributed by atoms with Crippen molar-refractivity contribution in [2.75, 3.05) is 12.4 Å². The highest BCUT2D eigenvalue weighted by atomic mass is 27.0. The highest BCUT2D eigenvalue weighted by Crippen LogP contribution is 2.27. The normalized spacial score (nSPS) is 12.2. The van der Waals surface area contributed by atoms with Crippen LogP contribution >= 0.6 is 0 Å². The summed E-state index contributed by atoms with van der Waals surface area (Å²) in [6.07, 6.45) is 0. The fraction of sp³-hybridized carbons (Fsp3) is 0.400. The van der Waals surface area contributed by atoms with Crippen molar-refractivity contribution in [2.24, 2.45) is 0 Å². The first-order valence-electron chi connectivity index (χ1n) is 4.31. The van der Waals surface area contributed by atoms with Crippen molar-refractivity contribution in [3.8, 4) is 5.75 Å². The predicted octanol–water partition coefficient (Wildman–Crippen LogP) is 1.93. The molecule has 3 heteroatoms. The molecular weight excluding hydrogens is 177 g/mol. The van der Waals surface area contributed by atoms with Gasteiger partial charge in [-0.3, -0.25) is 0 Å². The zero-order valence-corrected chi connectivity index (χ0v) is 9.45. The van der Waals surface area contributed by atoms with Crippen LogP contribution in [0.15, 0.2) is 18.2 Å². The summed E-state index contributed by atoms with van der Waals surface area (Å²) in [4.78, 5) is 0.343. The van der Waals surface area contributed by atoms with E-state index in [1.54, 1.807) is 7.11 Å². The van der Waals surface area contributed by atoms with Crippen molar-refractivity contribution in [3.63, 3.8) is 0 Å². The third-order valence-electron chi connectivity index (χ3n) is 1.83. The van der Waals surface area contributed by atoms with E-state index in [4.69, 9.17) is 4.74 Å². The van der Waals surface area contributed by atoms with Gasteiger partial charge < -0.3 is 10.1 Å². The van der Waals surface area contributed by atoms with E-state index in [9.17, 15) is 0 Å². The zero-order valence-electron chi connectivity index (χ0n) is 8.29. The van der Waals surface area contributed by atoms with Gasteiger partial charge in [-0.25, -0.2) is 0 Å². The van der Waals surface area contributed by atoms with Crippen molar-refractivity contribution in [2.45, 2.75) is 18.8 Å².